The van der Waals surface area contributed by atoms with Crippen molar-refractivity contribution in [2.24, 2.45) is 0 Å². The van der Waals surface area contributed by atoms with E-state index >= 15 is 0 Å². The summed E-state index contributed by atoms with van der Waals surface area (Å²) in [5.41, 5.74) is 0.729. The number of carbonyl (C=O) groups is 1. The van der Waals surface area contributed by atoms with E-state index in [9.17, 15) is 13.7 Å². The van der Waals surface area contributed by atoms with Crippen LogP contribution in [0.5, 0.6) is 5.75 Å². The molecular formula is C10H10F2O3. The summed E-state index contributed by atoms with van der Waals surface area (Å²) in [4.78, 5) is 13.1. The first kappa shape index (κ1) is 11.4. The van der Waals surface area contributed by atoms with E-state index in [0.29, 0.717) is 6.42 Å². The third-order valence-electron chi connectivity index (χ3n) is 1.85. The van der Waals surface area contributed by atoms with Gasteiger partial charge in [-0.1, -0.05) is 25.1 Å². The molecule has 3 nitrogen and oxygen atoms in total. The Bertz CT molecular complexity index is 341. The summed E-state index contributed by atoms with van der Waals surface area (Å²) in [6.07, 6.45) is -1.82. The summed E-state index contributed by atoms with van der Waals surface area (Å²) < 4.78 is 28.8. The van der Waals surface area contributed by atoms with Gasteiger partial charge in [-0.2, -0.15) is 4.39 Å². The van der Waals surface area contributed by atoms with Gasteiger partial charge in [0, 0.05) is 4.53 Å². The average Bonchev–Trinajstić information content (AvgIpc) is 2.28. The highest BCUT2D eigenvalue weighted by Gasteiger charge is 2.22. The summed E-state index contributed by atoms with van der Waals surface area (Å²) >= 11 is 0. The van der Waals surface area contributed by atoms with Crippen molar-refractivity contribution >= 4 is 5.97 Å². The second-order valence-corrected chi connectivity index (χ2v) is 2.79. The molecule has 0 saturated carbocycles. The third kappa shape index (κ3) is 2.90. The number of ether oxygens (including phenoxy) is 1. The number of benzene rings is 1. The Morgan fingerprint density at radius 3 is 2.73 bits per heavy atom. The number of hydrogen-bond acceptors (Lipinski definition) is 3. The Morgan fingerprint density at radius 2 is 2.13 bits per heavy atom. The molecule has 1 aromatic rings. The number of hydrogen-bond donors (Lipinski definition) is 0. The minimum absolute atomic E-state index is 0.206. The minimum Gasteiger partial charge on any atom is -0.450 e. The van der Waals surface area contributed by atoms with Crippen LogP contribution in [0.25, 0.3) is 0 Å². The van der Waals surface area contributed by atoms with Gasteiger partial charge < -0.3 is 4.74 Å². The lowest BCUT2D eigenvalue weighted by Gasteiger charge is -2.10. The minimum atomic E-state index is -2.44. The molecule has 82 valence electrons. The Balaban J connectivity index is 2.75. The van der Waals surface area contributed by atoms with Crippen LogP contribution in [-0.2, 0) is 16.2 Å². The quantitative estimate of drug-likeness (QED) is 0.774. The third-order valence-corrected chi connectivity index (χ3v) is 1.85. The van der Waals surface area contributed by atoms with Crippen molar-refractivity contribution in [3.8, 4) is 5.75 Å². The molecule has 0 fully saturated rings. The highest BCUT2D eigenvalue weighted by Crippen LogP contribution is 2.20. The summed E-state index contributed by atoms with van der Waals surface area (Å²) in [5, 5.41) is 0. The largest absolute Gasteiger partial charge is 0.450 e. The van der Waals surface area contributed by atoms with Crippen molar-refractivity contribution in [3.05, 3.63) is 29.8 Å². The van der Waals surface area contributed by atoms with Gasteiger partial charge in [0.1, 0.15) is 5.75 Å². The number of rotatable bonds is 4. The molecule has 0 N–H and O–H groups in total. The molecule has 0 aliphatic heterocycles. The number of para-hydroxylation sites is 1. The summed E-state index contributed by atoms with van der Waals surface area (Å²) in [6, 6.07) is 6.61. The number of halogens is 2. The van der Waals surface area contributed by atoms with E-state index in [1.165, 1.54) is 6.07 Å². The Labute approximate surface area is 85.5 Å². The first-order valence-electron chi connectivity index (χ1n) is 4.40. The molecule has 1 rings (SSSR count). The molecule has 1 unspecified atom stereocenters. The molecule has 1 atom stereocenters. The second-order valence-electron chi connectivity index (χ2n) is 2.79. The number of alkyl halides is 1. The standard InChI is InChI=1S/C10H10F2O3/c1-2-7-5-3-4-6-8(7)14-9(11)10(13)15-12/h3-6,9H,2H2,1H3. The smallest absolute Gasteiger partial charge is 0.421 e. The Kier molecular flexibility index (Phi) is 4.03. The lowest BCUT2D eigenvalue weighted by atomic mass is 10.1. The first-order chi connectivity index (χ1) is 7.19. The van der Waals surface area contributed by atoms with Crippen LogP contribution in [0, 0.1) is 0 Å². The van der Waals surface area contributed by atoms with Crippen LogP contribution in [0.4, 0.5) is 8.92 Å². The Morgan fingerprint density at radius 1 is 1.47 bits per heavy atom. The van der Waals surface area contributed by atoms with E-state index in [1.54, 1.807) is 18.2 Å². The molecule has 0 aliphatic rings. The first-order valence-corrected chi connectivity index (χ1v) is 4.40. The molecule has 1 aromatic carbocycles. The molecule has 0 spiro atoms. The van der Waals surface area contributed by atoms with Crippen molar-refractivity contribution in [1.82, 2.24) is 0 Å². The number of aryl methyl sites for hydroxylation is 1. The maximum absolute atomic E-state index is 12.9. The molecule has 0 aliphatic carbocycles. The van der Waals surface area contributed by atoms with Gasteiger partial charge in [0.05, 0.1) is 0 Å². The van der Waals surface area contributed by atoms with Crippen LogP contribution in [0.2, 0.25) is 0 Å². The monoisotopic (exact) mass is 216 g/mol. The maximum atomic E-state index is 12.9. The highest BCUT2D eigenvalue weighted by molar-refractivity contribution is 5.72. The normalized spacial score (nSPS) is 11.9. The van der Waals surface area contributed by atoms with Gasteiger partial charge in [0.15, 0.2) is 0 Å². The molecule has 0 saturated heterocycles. The Hall–Kier alpha value is -1.65. The van der Waals surface area contributed by atoms with Crippen LogP contribution in [0.1, 0.15) is 12.5 Å². The maximum Gasteiger partial charge on any atom is 0.421 e. The zero-order chi connectivity index (χ0) is 11.3. The van der Waals surface area contributed by atoms with Gasteiger partial charge in [-0.25, -0.2) is 9.74 Å². The van der Waals surface area contributed by atoms with Crippen molar-refractivity contribution in [3.63, 3.8) is 0 Å². The van der Waals surface area contributed by atoms with Crippen molar-refractivity contribution in [2.45, 2.75) is 19.7 Å². The predicted molar refractivity (Wildman–Crippen MR) is 48.5 cm³/mol. The van der Waals surface area contributed by atoms with Crippen LogP contribution in [-0.4, -0.2) is 12.3 Å². The van der Waals surface area contributed by atoms with E-state index in [1.807, 2.05) is 6.92 Å². The van der Waals surface area contributed by atoms with Crippen LogP contribution < -0.4 is 4.74 Å². The lowest BCUT2D eigenvalue weighted by Crippen LogP contribution is -2.22. The SMILES string of the molecule is CCc1ccccc1OC(F)C(=O)OF. The van der Waals surface area contributed by atoms with Gasteiger partial charge in [-0.15, -0.1) is 0 Å². The average molecular weight is 216 g/mol. The zero-order valence-corrected chi connectivity index (χ0v) is 8.07. The molecule has 0 heterocycles. The van der Waals surface area contributed by atoms with Gasteiger partial charge in [-0.05, 0) is 18.1 Å². The van der Waals surface area contributed by atoms with E-state index in [-0.39, 0.29) is 5.75 Å². The van der Waals surface area contributed by atoms with E-state index < -0.39 is 12.3 Å². The molecular weight excluding hydrogens is 206 g/mol. The van der Waals surface area contributed by atoms with Crippen molar-refractivity contribution in [2.75, 3.05) is 0 Å². The van der Waals surface area contributed by atoms with Crippen LogP contribution >= 0.6 is 0 Å². The topological polar surface area (TPSA) is 35.5 Å². The molecule has 0 aromatic heterocycles. The van der Waals surface area contributed by atoms with Gasteiger partial charge in [-0.3, -0.25) is 0 Å². The van der Waals surface area contributed by atoms with E-state index in [4.69, 9.17) is 0 Å². The fourth-order valence-corrected chi connectivity index (χ4v) is 1.11. The van der Waals surface area contributed by atoms with Crippen LogP contribution in [0.15, 0.2) is 24.3 Å². The van der Waals surface area contributed by atoms with Crippen LogP contribution in [0.3, 0.4) is 0 Å². The molecule has 15 heavy (non-hydrogen) atoms. The van der Waals surface area contributed by atoms with E-state index in [0.717, 1.165) is 5.56 Å². The summed E-state index contributed by atoms with van der Waals surface area (Å²) in [6.45, 7) is 1.85. The van der Waals surface area contributed by atoms with E-state index in [2.05, 4.69) is 9.68 Å². The van der Waals surface area contributed by atoms with Crippen molar-refractivity contribution < 1.29 is 23.4 Å². The second kappa shape index (κ2) is 5.29. The van der Waals surface area contributed by atoms with Gasteiger partial charge in [0.25, 0.3) is 0 Å². The van der Waals surface area contributed by atoms with Gasteiger partial charge in [0.2, 0.25) is 0 Å². The summed E-state index contributed by atoms with van der Waals surface area (Å²) in [5.74, 6) is -1.49. The zero-order valence-electron chi connectivity index (χ0n) is 8.07. The molecule has 0 amide bonds. The summed E-state index contributed by atoms with van der Waals surface area (Å²) in [7, 11) is 0. The number of carbonyl (C=O) groups excluding carboxylic acids is 1. The lowest BCUT2D eigenvalue weighted by molar-refractivity contribution is -0.200. The molecule has 0 radical (unpaired) electrons. The molecule has 0 bridgehead atoms. The van der Waals surface area contributed by atoms with Gasteiger partial charge >= 0.3 is 12.3 Å². The predicted octanol–water partition coefficient (Wildman–Crippen LogP) is 2.35. The molecule has 5 heteroatoms. The fourth-order valence-electron chi connectivity index (χ4n) is 1.11. The van der Waals surface area contributed by atoms with Crippen molar-refractivity contribution in [1.29, 1.82) is 0 Å². The highest BCUT2D eigenvalue weighted by atomic mass is 19.3. The fraction of sp³-hybridized carbons (Fsp3) is 0.300.